The van der Waals surface area contributed by atoms with E-state index in [9.17, 15) is 9.59 Å². The Kier molecular flexibility index (Phi) is 7.89. The number of aromatic nitrogens is 2. The minimum atomic E-state index is -0.379. The Labute approximate surface area is 226 Å². The zero-order valence-corrected chi connectivity index (χ0v) is 22.0. The highest BCUT2D eigenvalue weighted by Gasteiger charge is 2.33. The molecule has 2 aliphatic rings. The van der Waals surface area contributed by atoms with Crippen LogP contribution in [0.25, 0.3) is 11.4 Å². The van der Waals surface area contributed by atoms with Gasteiger partial charge in [0, 0.05) is 29.0 Å². The van der Waals surface area contributed by atoms with Gasteiger partial charge in [-0.1, -0.05) is 12.1 Å². The second-order valence-electron chi connectivity index (χ2n) is 9.48. The predicted molar refractivity (Wildman–Crippen MR) is 146 cm³/mol. The number of ether oxygens (including phenoxy) is 2. The SMILES string of the molecule is CCOC(=O)N1Cc2nc(-c3ccc(NC(=O)Nc4ccc(CO)cc4)cc3)nc(N3CCOCC3C)c2C1. The first-order valence-corrected chi connectivity index (χ1v) is 13.0. The molecule has 2 aliphatic heterocycles. The Morgan fingerprint density at radius 3 is 2.38 bits per heavy atom. The number of nitrogens with zero attached hydrogens (tertiary/aromatic N) is 4. The number of amides is 3. The molecule has 0 radical (unpaired) electrons. The molecule has 3 amide bonds. The molecule has 2 aromatic carbocycles. The molecule has 0 aliphatic carbocycles. The lowest BCUT2D eigenvalue weighted by Crippen LogP contribution is -2.44. The van der Waals surface area contributed by atoms with Gasteiger partial charge in [0.05, 0.1) is 51.3 Å². The molecule has 1 saturated heterocycles. The van der Waals surface area contributed by atoms with Crippen molar-refractivity contribution in [1.29, 1.82) is 0 Å². The molecule has 1 atom stereocenters. The molecule has 204 valence electrons. The van der Waals surface area contributed by atoms with Crippen molar-refractivity contribution in [3.63, 3.8) is 0 Å². The van der Waals surface area contributed by atoms with Gasteiger partial charge in [-0.25, -0.2) is 19.6 Å². The van der Waals surface area contributed by atoms with Gasteiger partial charge in [-0.2, -0.15) is 0 Å². The Morgan fingerprint density at radius 2 is 1.74 bits per heavy atom. The molecular weight excluding hydrogens is 500 g/mol. The fraction of sp³-hybridized carbons (Fsp3) is 0.357. The van der Waals surface area contributed by atoms with Gasteiger partial charge in [0.2, 0.25) is 0 Å². The second-order valence-corrected chi connectivity index (χ2v) is 9.48. The van der Waals surface area contributed by atoms with Crippen LogP contribution in [0.15, 0.2) is 48.5 Å². The Morgan fingerprint density at radius 1 is 1.05 bits per heavy atom. The van der Waals surface area contributed by atoms with E-state index in [0.29, 0.717) is 56.7 Å². The van der Waals surface area contributed by atoms with Crippen LogP contribution in [-0.2, 0) is 29.2 Å². The zero-order chi connectivity index (χ0) is 27.4. The van der Waals surface area contributed by atoms with Crippen LogP contribution < -0.4 is 15.5 Å². The molecule has 11 nitrogen and oxygen atoms in total. The highest BCUT2D eigenvalue weighted by Crippen LogP contribution is 2.34. The van der Waals surface area contributed by atoms with E-state index in [2.05, 4.69) is 22.5 Å². The first-order valence-electron chi connectivity index (χ1n) is 13.0. The maximum Gasteiger partial charge on any atom is 0.410 e. The fourth-order valence-corrected chi connectivity index (χ4v) is 4.68. The summed E-state index contributed by atoms with van der Waals surface area (Å²) in [5.74, 6) is 1.36. The summed E-state index contributed by atoms with van der Waals surface area (Å²) in [6, 6.07) is 14.0. The maximum atomic E-state index is 12.5. The summed E-state index contributed by atoms with van der Waals surface area (Å²) in [5, 5.41) is 14.8. The minimum Gasteiger partial charge on any atom is -0.450 e. The van der Waals surface area contributed by atoms with Crippen molar-refractivity contribution in [1.82, 2.24) is 14.9 Å². The van der Waals surface area contributed by atoms with Crippen molar-refractivity contribution in [3.8, 4) is 11.4 Å². The molecule has 3 N–H and O–H groups in total. The predicted octanol–water partition coefficient (Wildman–Crippen LogP) is 3.98. The number of aliphatic hydroxyl groups excluding tert-OH is 1. The number of morpholine rings is 1. The Hall–Kier alpha value is -4.22. The van der Waals surface area contributed by atoms with E-state index in [1.54, 1.807) is 48.2 Å². The number of rotatable bonds is 6. The van der Waals surface area contributed by atoms with Gasteiger partial charge >= 0.3 is 12.1 Å². The number of nitrogens with one attached hydrogen (secondary N) is 2. The molecule has 0 saturated carbocycles. The molecule has 5 rings (SSSR count). The lowest BCUT2D eigenvalue weighted by atomic mass is 10.1. The quantitative estimate of drug-likeness (QED) is 0.435. The first-order chi connectivity index (χ1) is 18.9. The van der Waals surface area contributed by atoms with Crippen LogP contribution in [0.1, 0.15) is 30.7 Å². The average molecular weight is 533 g/mol. The summed E-state index contributed by atoms with van der Waals surface area (Å²) in [6.07, 6.45) is -0.365. The minimum absolute atomic E-state index is 0.0522. The summed E-state index contributed by atoms with van der Waals surface area (Å²) < 4.78 is 10.9. The van der Waals surface area contributed by atoms with Crippen LogP contribution in [0.5, 0.6) is 0 Å². The lowest BCUT2D eigenvalue weighted by Gasteiger charge is -2.35. The smallest absolute Gasteiger partial charge is 0.410 e. The molecule has 1 unspecified atom stereocenters. The van der Waals surface area contributed by atoms with Crippen LogP contribution in [0.4, 0.5) is 26.8 Å². The van der Waals surface area contributed by atoms with Crippen LogP contribution in [0.2, 0.25) is 0 Å². The van der Waals surface area contributed by atoms with Gasteiger partial charge in [-0.15, -0.1) is 0 Å². The molecule has 3 heterocycles. The van der Waals surface area contributed by atoms with E-state index in [1.165, 1.54) is 0 Å². The Bertz CT molecular complexity index is 1330. The van der Waals surface area contributed by atoms with E-state index in [0.717, 1.165) is 28.2 Å². The van der Waals surface area contributed by atoms with Crippen molar-refractivity contribution in [3.05, 3.63) is 65.4 Å². The van der Waals surface area contributed by atoms with Crippen LogP contribution >= 0.6 is 0 Å². The Balaban J connectivity index is 1.36. The monoisotopic (exact) mass is 532 g/mol. The third-order valence-electron chi connectivity index (χ3n) is 6.72. The molecule has 1 fully saturated rings. The zero-order valence-electron chi connectivity index (χ0n) is 22.0. The van der Waals surface area contributed by atoms with Crippen LogP contribution in [0, 0.1) is 0 Å². The molecular formula is C28H32N6O5. The number of anilines is 3. The number of carbonyl (C=O) groups excluding carboxylic acids is 2. The van der Waals surface area contributed by atoms with Gasteiger partial charge in [0.1, 0.15) is 5.82 Å². The normalized spacial score (nSPS) is 16.5. The maximum absolute atomic E-state index is 12.5. The van der Waals surface area contributed by atoms with E-state index in [1.807, 2.05) is 12.1 Å². The number of carbonyl (C=O) groups is 2. The number of fused-ring (bicyclic) bond motifs is 1. The second kappa shape index (κ2) is 11.7. The van der Waals surface area contributed by atoms with Gasteiger partial charge < -0.3 is 30.1 Å². The number of aliphatic hydroxyl groups is 1. The summed E-state index contributed by atoms with van der Waals surface area (Å²) in [4.78, 5) is 38.5. The topological polar surface area (TPSA) is 129 Å². The number of urea groups is 1. The van der Waals surface area contributed by atoms with Crippen molar-refractivity contribution in [2.45, 2.75) is 39.6 Å². The molecule has 3 aromatic rings. The van der Waals surface area contributed by atoms with Crippen LogP contribution in [-0.4, -0.2) is 64.5 Å². The first kappa shape index (κ1) is 26.4. The summed E-state index contributed by atoms with van der Waals surface area (Å²) in [7, 11) is 0. The molecule has 1 aromatic heterocycles. The van der Waals surface area contributed by atoms with Crippen molar-refractivity contribution in [2.75, 3.05) is 41.9 Å². The average Bonchev–Trinajstić information content (AvgIpc) is 3.38. The largest absolute Gasteiger partial charge is 0.450 e. The summed E-state index contributed by atoms with van der Waals surface area (Å²) in [5.41, 5.74) is 4.53. The third-order valence-corrected chi connectivity index (χ3v) is 6.72. The highest BCUT2D eigenvalue weighted by molar-refractivity contribution is 5.99. The van der Waals surface area contributed by atoms with E-state index in [4.69, 9.17) is 24.5 Å². The number of hydrogen-bond acceptors (Lipinski definition) is 8. The standard InChI is InChI=1S/C28H32N6O5/c1-3-39-28(37)33-14-23-24(15-33)31-25(32-26(23)34-12-13-38-17-18(34)2)20-6-10-22(11-7-20)30-27(36)29-21-8-4-19(16-35)5-9-21/h4-11,18,35H,3,12-17H2,1-2H3,(H2,29,30,36). The van der Waals surface area contributed by atoms with Gasteiger partial charge in [-0.05, 0) is 55.8 Å². The molecule has 39 heavy (non-hydrogen) atoms. The fourth-order valence-electron chi connectivity index (χ4n) is 4.68. The number of benzene rings is 2. The molecule has 0 bridgehead atoms. The van der Waals surface area contributed by atoms with Crippen molar-refractivity contribution in [2.24, 2.45) is 0 Å². The summed E-state index contributed by atoms with van der Waals surface area (Å²) in [6.45, 7) is 6.80. The van der Waals surface area contributed by atoms with Gasteiger partial charge in [0.25, 0.3) is 0 Å². The van der Waals surface area contributed by atoms with E-state index >= 15 is 0 Å². The van der Waals surface area contributed by atoms with E-state index in [-0.39, 0.29) is 24.8 Å². The van der Waals surface area contributed by atoms with Crippen molar-refractivity contribution < 1.29 is 24.2 Å². The third kappa shape index (κ3) is 5.94. The van der Waals surface area contributed by atoms with Gasteiger partial charge in [-0.3, -0.25) is 4.90 Å². The van der Waals surface area contributed by atoms with E-state index < -0.39 is 0 Å². The van der Waals surface area contributed by atoms with Crippen molar-refractivity contribution >= 4 is 29.3 Å². The molecule has 11 heteroatoms. The number of hydrogen-bond donors (Lipinski definition) is 3. The summed E-state index contributed by atoms with van der Waals surface area (Å²) >= 11 is 0. The van der Waals surface area contributed by atoms with Crippen LogP contribution in [0.3, 0.4) is 0 Å². The van der Waals surface area contributed by atoms with Gasteiger partial charge in [0.15, 0.2) is 5.82 Å². The lowest BCUT2D eigenvalue weighted by molar-refractivity contribution is 0.0980. The highest BCUT2D eigenvalue weighted by atomic mass is 16.6. The molecule has 0 spiro atoms.